The Morgan fingerprint density at radius 2 is 2.00 bits per heavy atom. The number of aryl methyl sites for hydroxylation is 2. The second kappa shape index (κ2) is 8.18. The molecule has 1 heterocycles. The summed E-state index contributed by atoms with van der Waals surface area (Å²) in [5, 5.41) is 2.93. The van der Waals surface area contributed by atoms with E-state index >= 15 is 0 Å². The molecule has 0 aromatic heterocycles. The number of hydrogen-bond donors (Lipinski definition) is 1. The third kappa shape index (κ3) is 5.02. The van der Waals surface area contributed by atoms with Crippen LogP contribution in [-0.4, -0.2) is 43.1 Å². The number of ether oxygens (including phenoxy) is 1. The molecule has 0 bridgehead atoms. The van der Waals surface area contributed by atoms with Crippen molar-refractivity contribution in [1.29, 1.82) is 0 Å². The summed E-state index contributed by atoms with van der Waals surface area (Å²) < 4.78 is 6.08. The van der Waals surface area contributed by atoms with E-state index in [0.717, 1.165) is 44.6 Å². The first-order chi connectivity index (χ1) is 10.6. The summed E-state index contributed by atoms with van der Waals surface area (Å²) in [6.45, 7) is 9.42. The van der Waals surface area contributed by atoms with E-state index in [1.807, 2.05) is 6.07 Å². The predicted octanol–water partition coefficient (Wildman–Crippen LogP) is 2.67. The van der Waals surface area contributed by atoms with E-state index in [4.69, 9.17) is 4.74 Å². The standard InChI is InChI=1S/C18H28N2O2/c1-4-9-19-18(21)13-20-10-7-16(8-11-20)22-17-6-5-14(2)15(3)12-17/h5-6,12,16H,4,7-11,13H2,1-3H3,(H,19,21). The minimum Gasteiger partial charge on any atom is -0.490 e. The lowest BCUT2D eigenvalue weighted by Gasteiger charge is -2.31. The molecule has 0 radical (unpaired) electrons. The van der Waals surface area contributed by atoms with E-state index < -0.39 is 0 Å². The van der Waals surface area contributed by atoms with Gasteiger partial charge in [-0.15, -0.1) is 0 Å². The fraction of sp³-hybridized carbons (Fsp3) is 0.611. The largest absolute Gasteiger partial charge is 0.490 e. The summed E-state index contributed by atoms with van der Waals surface area (Å²) >= 11 is 0. The van der Waals surface area contributed by atoms with Gasteiger partial charge in [-0.3, -0.25) is 9.69 Å². The molecule has 1 N–H and O–H groups in total. The van der Waals surface area contributed by atoms with Gasteiger partial charge >= 0.3 is 0 Å². The van der Waals surface area contributed by atoms with Gasteiger partial charge in [0.05, 0.1) is 6.54 Å². The van der Waals surface area contributed by atoms with Crippen molar-refractivity contribution in [1.82, 2.24) is 10.2 Å². The van der Waals surface area contributed by atoms with Gasteiger partial charge < -0.3 is 10.1 Å². The summed E-state index contributed by atoms with van der Waals surface area (Å²) in [6.07, 6.45) is 3.21. The summed E-state index contributed by atoms with van der Waals surface area (Å²) in [4.78, 5) is 13.9. The van der Waals surface area contributed by atoms with Crippen LogP contribution >= 0.6 is 0 Å². The van der Waals surface area contributed by atoms with Crippen LogP contribution in [0.25, 0.3) is 0 Å². The molecule has 1 aromatic rings. The number of hydrogen-bond acceptors (Lipinski definition) is 3. The van der Waals surface area contributed by atoms with Crippen molar-refractivity contribution in [3.63, 3.8) is 0 Å². The van der Waals surface area contributed by atoms with Crippen molar-refractivity contribution in [2.75, 3.05) is 26.2 Å². The summed E-state index contributed by atoms with van der Waals surface area (Å²) in [5.74, 6) is 1.10. The molecule has 1 fully saturated rings. The van der Waals surface area contributed by atoms with Gasteiger partial charge in [-0.25, -0.2) is 0 Å². The third-order valence-corrected chi connectivity index (χ3v) is 4.26. The SMILES string of the molecule is CCCNC(=O)CN1CCC(Oc2ccc(C)c(C)c2)CC1. The molecule has 0 spiro atoms. The van der Waals surface area contributed by atoms with Crippen LogP contribution in [0.5, 0.6) is 5.75 Å². The van der Waals surface area contributed by atoms with Gasteiger partial charge in [-0.1, -0.05) is 13.0 Å². The predicted molar refractivity (Wildman–Crippen MR) is 89.3 cm³/mol. The Morgan fingerprint density at radius 3 is 2.64 bits per heavy atom. The highest BCUT2D eigenvalue weighted by molar-refractivity contribution is 5.77. The maximum absolute atomic E-state index is 11.7. The van der Waals surface area contributed by atoms with Crippen LogP contribution in [0.4, 0.5) is 0 Å². The summed E-state index contributed by atoms with van der Waals surface area (Å²) in [7, 11) is 0. The Labute approximate surface area is 133 Å². The summed E-state index contributed by atoms with van der Waals surface area (Å²) in [5.41, 5.74) is 2.56. The fourth-order valence-electron chi connectivity index (χ4n) is 2.69. The molecule has 1 amide bonds. The lowest BCUT2D eigenvalue weighted by molar-refractivity contribution is -0.122. The highest BCUT2D eigenvalue weighted by Gasteiger charge is 2.22. The molecular weight excluding hydrogens is 276 g/mol. The monoisotopic (exact) mass is 304 g/mol. The van der Waals surface area contributed by atoms with Crippen LogP contribution in [0.15, 0.2) is 18.2 Å². The first kappa shape index (κ1) is 16.8. The Balaban J connectivity index is 1.75. The Hall–Kier alpha value is -1.55. The number of nitrogens with one attached hydrogen (secondary N) is 1. The molecule has 1 aliphatic heterocycles. The van der Waals surface area contributed by atoms with Crippen LogP contribution in [0.1, 0.15) is 37.3 Å². The number of likely N-dealkylation sites (tertiary alicyclic amines) is 1. The maximum atomic E-state index is 11.7. The van der Waals surface area contributed by atoms with Gasteiger partial charge in [0.2, 0.25) is 5.91 Å². The van der Waals surface area contributed by atoms with Gasteiger partial charge in [0.1, 0.15) is 11.9 Å². The molecule has 0 saturated carbocycles. The van der Waals surface area contributed by atoms with Crippen LogP contribution in [0.2, 0.25) is 0 Å². The second-order valence-corrected chi connectivity index (χ2v) is 6.19. The number of amides is 1. The highest BCUT2D eigenvalue weighted by Crippen LogP contribution is 2.21. The molecule has 2 rings (SSSR count). The minimum absolute atomic E-state index is 0.135. The average Bonchev–Trinajstić information content (AvgIpc) is 2.51. The van der Waals surface area contributed by atoms with Crippen LogP contribution < -0.4 is 10.1 Å². The molecule has 0 atom stereocenters. The van der Waals surface area contributed by atoms with E-state index in [0.29, 0.717) is 6.54 Å². The van der Waals surface area contributed by atoms with Crippen molar-refractivity contribution >= 4 is 5.91 Å². The van der Waals surface area contributed by atoms with E-state index in [9.17, 15) is 4.79 Å². The van der Waals surface area contributed by atoms with E-state index in [-0.39, 0.29) is 12.0 Å². The molecule has 1 aliphatic rings. The first-order valence-corrected chi connectivity index (χ1v) is 8.31. The fourth-order valence-corrected chi connectivity index (χ4v) is 2.69. The van der Waals surface area contributed by atoms with E-state index in [1.165, 1.54) is 11.1 Å². The number of carbonyl (C=O) groups is 1. The van der Waals surface area contributed by atoms with Gasteiger partial charge in [0.15, 0.2) is 0 Å². The number of benzene rings is 1. The lowest BCUT2D eigenvalue weighted by atomic mass is 10.1. The van der Waals surface area contributed by atoms with E-state index in [1.54, 1.807) is 0 Å². The van der Waals surface area contributed by atoms with Gasteiger partial charge in [0.25, 0.3) is 0 Å². The van der Waals surface area contributed by atoms with E-state index in [2.05, 4.69) is 43.1 Å². The first-order valence-electron chi connectivity index (χ1n) is 8.31. The topological polar surface area (TPSA) is 41.6 Å². The quantitative estimate of drug-likeness (QED) is 0.878. The molecule has 1 saturated heterocycles. The Bertz CT molecular complexity index is 494. The molecule has 0 unspecified atom stereocenters. The van der Waals surface area contributed by atoms with Crippen molar-refractivity contribution in [3.05, 3.63) is 29.3 Å². The highest BCUT2D eigenvalue weighted by atomic mass is 16.5. The Kier molecular flexibility index (Phi) is 6.25. The van der Waals surface area contributed by atoms with Gasteiger partial charge in [-0.2, -0.15) is 0 Å². The van der Waals surface area contributed by atoms with Crippen molar-refractivity contribution in [2.45, 2.75) is 46.1 Å². The van der Waals surface area contributed by atoms with Crippen molar-refractivity contribution < 1.29 is 9.53 Å². The molecule has 0 aliphatic carbocycles. The smallest absolute Gasteiger partial charge is 0.234 e. The zero-order chi connectivity index (χ0) is 15.9. The zero-order valence-electron chi connectivity index (χ0n) is 14.0. The average molecular weight is 304 g/mol. The van der Waals surface area contributed by atoms with Gasteiger partial charge in [-0.05, 0) is 56.4 Å². The molecular formula is C18H28N2O2. The molecule has 4 heteroatoms. The number of carbonyl (C=O) groups excluding carboxylic acids is 1. The normalized spacial score (nSPS) is 16.5. The van der Waals surface area contributed by atoms with Crippen LogP contribution in [-0.2, 0) is 4.79 Å². The van der Waals surface area contributed by atoms with Crippen molar-refractivity contribution in [2.24, 2.45) is 0 Å². The molecule has 22 heavy (non-hydrogen) atoms. The molecule has 122 valence electrons. The van der Waals surface area contributed by atoms with Crippen LogP contribution in [0.3, 0.4) is 0 Å². The zero-order valence-corrected chi connectivity index (χ0v) is 14.0. The van der Waals surface area contributed by atoms with Gasteiger partial charge in [0, 0.05) is 19.6 Å². The maximum Gasteiger partial charge on any atom is 0.234 e. The summed E-state index contributed by atoms with van der Waals surface area (Å²) in [6, 6.07) is 6.27. The number of nitrogens with zero attached hydrogens (tertiary/aromatic N) is 1. The third-order valence-electron chi connectivity index (χ3n) is 4.26. The van der Waals surface area contributed by atoms with Crippen molar-refractivity contribution in [3.8, 4) is 5.75 Å². The lowest BCUT2D eigenvalue weighted by Crippen LogP contribution is -2.43. The second-order valence-electron chi connectivity index (χ2n) is 6.19. The minimum atomic E-state index is 0.135. The van der Waals surface area contributed by atoms with Crippen LogP contribution in [0, 0.1) is 13.8 Å². The number of rotatable bonds is 6. The molecule has 1 aromatic carbocycles. The number of piperidine rings is 1. The Morgan fingerprint density at radius 1 is 1.27 bits per heavy atom. The molecule has 4 nitrogen and oxygen atoms in total.